The average molecular weight is 133 g/mol. The number of amides is 1. The summed E-state index contributed by atoms with van der Waals surface area (Å²) >= 11 is 0. The minimum absolute atomic E-state index is 0.223. The first kappa shape index (κ1) is 7.49. The van der Waals surface area contributed by atoms with Gasteiger partial charge in [-0.25, -0.2) is 4.79 Å². The lowest BCUT2D eigenvalue weighted by molar-refractivity contribution is 0.154. The molecule has 0 fully saturated rings. The Bertz CT molecular complexity index is 86.1. The topological polar surface area (TPSA) is 29.5 Å². The summed E-state index contributed by atoms with van der Waals surface area (Å²) in [4.78, 5) is 10.5. The molecule has 0 atom stereocenters. The zero-order valence-corrected chi connectivity index (χ0v) is 6.89. The van der Waals surface area contributed by atoms with Crippen LogP contribution < -0.4 is 0 Å². The van der Waals surface area contributed by atoms with E-state index in [-0.39, 0.29) is 15.8 Å². The lowest BCUT2D eigenvalue weighted by Crippen LogP contribution is -2.28. The number of hydrogen-bond donors (Lipinski definition) is 0. The van der Waals surface area contributed by atoms with Crippen molar-refractivity contribution in [3.8, 4) is 0 Å². The van der Waals surface area contributed by atoms with Crippen LogP contribution in [0.3, 0.4) is 0 Å². The molecule has 0 bridgehead atoms. The monoisotopic (exact) mass is 133 g/mol. The van der Waals surface area contributed by atoms with Crippen molar-refractivity contribution in [2.45, 2.75) is 6.55 Å². The zero-order chi connectivity index (χ0) is 6.57. The quantitative estimate of drug-likeness (QED) is 0.464. The highest BCUT2D eigenvalue weighted by Gasteiger charge is 2.02. The molecule has 0 aliphatic carbocycles. The Kier molecular flexibility index (Phi) is 3.26. The van der Waals surface area contributed by atoms with Crippen molar-refractivity contribution >= 4 is 15.8 Å². The third-order valence-electron chi connectivity index (χ3n) is 0.961. The van der Waals surface area contributed by atoms with Gasteiger partial charge in [-0.3, -0.25) is 0 Å². The van der Waals surface area contributed by atoms with E-state index in [2.05, 4.69) is 4.74 Å². The summed E-state index contributed by atoms with van der Waals surface area (Å²) < 4.78 is 6.05. The normalized spacial score (nSPS) is 9.88. The van der Waals surface area contributed by atoms with E-state index in [1.807, 2.05) is 6.55 Å². The van der Waals surface area contributed by atoms with E-state index in [0.29, 0.717) is 0 Å². The Morgan fingerprint density at radius 3 is 2.38 bits per heavy atom. The Labute approximate surface area is 51.5 Å². The van der Waals surface area contributed by atoms with Crippen molar-refractivity contribution in [1.82, 2.24) is 4.57 Å². The van der Waals surface area contributed by atoms with E-state index >= 15 is 0 Å². The highest BCUT2D eigenvalue weighted by molar-refractivity contribution is 6.34. The van der Waals surface area contributed by atoms with Crippen molar-refractivity contribution in [2.24, 2.45) is 0 Å². The number of methoxy groups -OCH3 is 1. The van der Waals surface area contributed by atoms with Crippen molar-refractivity contribution in [3.63, 3.8) is 0 Å². The van der Waals surface area contributed by atoms with Crippen molar-refractivity contribution in [2.75, 3.05) is 14.2 Å². The molecule has 0 radical (unpaired) electrons. The van der Waals surface area contributed by atoms with Crippen LogP contribution in [0.2, 0.25) is 6.55 Å². The van der Waals surface area contributed by atoms with Gasteiger partial charge in [-0.2, -0.15) is 0 Å². The number of carbonyl (C=O) groups is 1. The molecular formula is C4H11NO2Si. The largest absolute Gasteiger partial charge is 0.453 e. The van der Waals surface area contributed by atoms with Crippen LogP contribution in [0.1, 0.15) is 0 Å². The van der Waals surface area contributed by atoms with Gasteiger partial charge in [0.25, 0.3) is 0 Å². The molecule has 8 heavy (non-hydrogen) atoms. The summed E-state index contributed by atoms with van der Waals surface area (Å²) in [5, 5.41) is 0. The summed E-state index contributed by atoms with van der Waals surface area (Å²) in [6, 6.07) is 0. The Morgan fingerprint density at radius 2 is 2.25 bits per heavy atom. The molecule has 48 valence electrons. The molecule has 0 aliphatic heterocycles. The van der Waals surface area contributed by atoms with Gasteiger partial charge in [-0.1, -0.05) is 6.55 Å². The van der Waals surface area contributed by atoms with Gasteiger partial charge in [0.2, 0.25) is 0 Å². The lowest BCUT2D eigenvalue weighted by Gasteiger charge is -2.10. The average Bonchev–Trinajstić information content (AvgIpc) is 1.84. The van der Waals surface area contributed by atoms with Gasteiger partial charge in [-0.05, 0) is 0 Å². The number of carbonyl (C=O) groups excluding carboxylic acids is 1. The summed E-state index contributed by atoms with van der Waals surface area (Å²) in [6.07, 6.45) is -0.223. The van der Waals surface area contributed by atoms with Crippen LogP contribution in [-0.2, 0) is 4.74 Å². The summed E-state index contributed by atoms with van der Waals surface area (Å²) in [5.74, 6) is 0. The van der Waals surface area contributed by atoms with Crippen molar-refractivity contribution in [3.05, 3.63) is 0 Å². The molecule has 0 aliphatic rings. The Balaban J connectivity index is 3.46. The van der Waals surface area contributed by atoms with E-state index < -0.39 is 0 Å². The fourth-order valence-corrected chi connectivity index (χ4v) is 0.672. The minimum Gasteiger partial charge on any atom is -0.453 e. The summed E-state index contributed by atoms with van der Waals surface area (Å²) in [7, 11) is 2.78. The van der Waals surface area contributed by atoms with Crippen LogP contribution in [0.15, 0.2) is 0 Å². The molecule has 0 N–H and O–H groups in total. The second-order valence-corrected chi connectivity index (χ2v) is 3.07. The first-order chi connectivity index (χ1) is 3.72. The van der Waals surface area contributed by atoms with E-state index in [0.717, 1.165) is 0 Å². The maximum atomic E-state index is 10.5. The molecule has 0 heterocycles. The van der Waals surface area contributed by atoms with Crippen molar-refractivity contribution < 1.29 is 9.53 Å². The van der Waals surface area contributed by atoms with Gasteiger partial charge < -0.3 is 9.30 Å². The van der Waals surface area contributed by atoms with Gasteiger partial charge in [-0.15, -0.1) is 0 Å². The number of rotatable bonds is 1. The third-order valence-corrected chi connectivity index (χ3v) is 2.17. The molecule has 0 spiro atoms. The van der Waals surface area contributed by atoms with Crippen LogP contribution in [0.25, 0.3) is 0 Å². The van der Waals surface area contributed by atoms with E-state index in [1.54, 1.807) is 11.6 Å². The number of ether oxygens (including phenoxy) is 1. The summed E-state index contributed by atoms with van der Waals surface area (Å²) in [6.45, 7) is 2.02. The lowest BCUT2D eigenvalue weighted by atomic mass is 11.1. The molecule has 0 saturated heterocycles. The highest BCUT2D eigenvalue weighted by Crippen LogP contribution is 1.82. The molecule has 0 aromatic heterocycles. The van der Waals surface area contributed by atoms with Gasteiger partial charge in [0, 0.05) is 7.05 Å². The van der Waals surface area contributed by atoms with Crippen LogP contribution in [-0.4, -0.2) is 34.5 Å². The molecular weight excluding hydrogens is 122 g/mol. The highest BCUT2D eigenvalue weighted by atomic mass is 28.2. The number of nitrogens with zero attached hydrogens (tertiary/aromatic N) is 1. The minimum atomic E-state index is -0.361. The molecule has 0 aromatic carbocycles. The van der Waals surface area contributed by atoms with E-state index in [4.69, 9.17) is 0 Å². The molecule has 1 amide bonds. The zero-order valence-electron chi connectivity index (χ0n) is 5.47. The molecule has 0 aromatic rings. The van der Waals surface area contributed by atoms with E-state index in [9.17, 15) is 4.79 Å². The maximum Gasteiger partial charge on any atom is 0.400 e. The smallest absolute Gasteiger partial charge is 0.400 e. The van der Waals surface area contributed by atoms with Gasteiger partial charge >= 0.3 is 6.09 Å². The van der Waals surface area contributed by atoms with Gasteiger partial charge in [0.15, 0.2) is 0 Å². The number of hydrogen-bond acceptors (Lipinski definition) is 2. The molecule has 3 nitrogen and oxygen atoms in total. The van der Waals surface area contributed by atoms with Crippen LogP contribution >= 0.6 is 0 Å². The van der Waals surface area contributed by atoms with E-state index in [1.165, 1.54) is 7.11 Å². The molecule has 0 saturated carbocycles. The van der Waals surface area contributed by atoms with Crippen LogP contribution in [0, 0.1) is 0 Å². The molecule has 4 heteroatoms. The standard InChI is InChI=1S/C4H11NO2Si/c1-5(8-3)4(6)7-2/h8H2,1-3H3. The molecule has 0 unspecified atom stereocenters. The Hall–Kier alpha value is -0.513. The Morgan fingerprint density at radius 1 is 1.75 bits per heavy atom. The van der Waals surface area contributed by atoms with Crippen LogP contribution in [0.4, 0.5) is 4.79 Å². The first-order valence-electron chi connectivity index (χ1n) is 2.51. The second kappa shape index (κ2) is 3.48. The second-order valence-electron chi connectivity index (χ2n) is 1.48. The first-order valence-corrected chi connectivity index (χ1v) is 4.56. The predicted octanol–water partition coefficient (Wildman–Crippen LogP) is -0.183. The SMILES string of the molecule is COC(=O)N(C)[SiH2]C. The fraction of sp³-hybridized carbons (Fsp3) is 0.750. The predicted molar refractivity (Wildman–Crippen MR) is 34.6 cm³/mol. The third kappa shape index (κ3) is 1.97. The van der Waals surface area contributed by atoms with Gasteiger partial charge in [0.1, 0.15) is 9.68 Å². The molecule has 0 rings (SSSR count). The van der Waals surface area contributed by atoms with Crippen LogP contribution in [0.5, 0.6) is 0 Å². The van der Waals surface area contributed by atoms with Crippen molar-refractivity contribution in [1.29, 1.82) is 0 Å². The summed E-state index contributed by atoms with van der Waals surface area (Å²) in [5.41, 5.74) is 0. The fourth-order valence-electron chi connectivity index (χ4n) is 0.285. The van der Waals surface area contributed by atoms with Gasteiger partial charge in [0.05, 0.1) is 7.11 Å². The maximum absolute atomic E-state index is 10.5.